The van der Waals surface area contributed by atoms with Crippen molar-refractivity contribution in [2.24, 2.45) is 5.73 Å². The summed E-state index contributed by atoms with van der Waals surface area (Å²) >= 11 is 1.83. The highest BCUT2D eigenvalue weighted by molar-refractivity contribution is 14.1. The monoisotopic (exact) mass is 329 g/mol. The minimum absolute atomic E-state index is 0.00829. The summed E-state index contributed by atoms with van der Waals surface area (Å²) in [5, 5.41) is 18.4. The minimum atomic E-state index is -1.30. The summed E-state index contributed by atoms with van der Waals surface area (Å²) in [6, 6.07) is 0. The summed E-state index contributed by atoms with van der Waals surface area (Å²) < 4.78 is 10.3. The fraction of sp³-hybridized carbons (Fsp3) is 0.778. The summed E-state index contributed by atoms with van der Waals surface area (Å²) in [6.45, 7) is 0. The third kappa shape index (κ3) is 5.23. The van der Waals surface area contributed by atoms with Crippen molar-refractivity contribution in [3.63, 3.8) is 0 Å². The molecule has 6 heteroatoms. The van der Waals surface area contributed by atoms with Gasteiger partial charge in [-0.25, -0.2) is 0 Å². The summed E-state index contributed by atoms with van der Waals surface area (Å²) in [6.07, 6.45) is 3.33. The summed E-state index contributed by atoms with van der Waals surface area (Å²) in [5.41, 5.74) is 5.13. The number of halogens is 1. The molecular formula is C9H16INO4. The third-order valence-electron chi connectivity index (χ3n) is 2.27. The van der Waals surface area contributed by atoms with Crippen molar-refractivity contribution in [1.29, 1.82) is 0 Å². The van der Waals surface area contributed by atoms with Crippen molar-refractivity contribution < 1.29 is 18.0 Å². The molecule has 1 rings (SSSR count). The van der Waals surface area contributed by atoms with Crippen LogP contribution in [-0.2, 0) is 7.80 Å². The molecule has 1 aliphatic carbocycles. The van der Waals surface area contributed by atoms with Gasteiger partial charge in [-0.3, -0.25) is 5.73 Å². The first-order valence-corrected chi connectivity index (χ1v) is 5.72. The van der Waals surface area contributed by atoms with E-state index in [0.717, 1.165) is 6.42 Å². The molecule has 0 aromatic heterocycles. The molecule has 15 heavy (non-hydrogen) atoms. The van der Waals surface area contributed by atoms with Crippen molar-refractivity contribution in [3.05, 3.63) is 12.2 Å². The zero-order valence-corrected chi connectivity index (χ0v) is 10.4. The van der Waals surface area contributed by atoms with Gasteiger partial charge in [-0.15, -0.1) is 0 Å². The highest BCUT2D eigenvalue weighted by Gasteiger charge is 2.20. The van der Waals surface area contributed by atoms with E-state index in [4.69, 9.17) is 18.6 Å². The average molecular weight is 329 g/mol. The zero-order valence-electron chi connectivity index (χ0n) is 8.25. The van der Waals surface area contributed by atoms with Gasteiger partial charge in [0, 0.05) is 6.42 Å². The van der Waals surface area contributed by atoms with Crippen LogP contribution in [0.25, 0.3) is 0 Å². The largest absolute Gasteiger partial charge is 0.389 e. The molecule has 0 aromatic rings. The molecule has 0 heterocycles. The number of hydrogen-bond donors (Lipinski definition) is 3. The van der Waals surface area contributed by atoms with Gasteiger partial charge in [-0.2, -0.15) is 0 Å². The highest BCUT2D eigenvalue weighted by atomic mass is 127. The van der Waals surface area contributed by atoms with Gasteiger partial charge in [0.05, 0.1) is 18.3 Å². The zero-order chi connectivity index (χ0) is 11.3. The Labute approximate surface area is 103 Å². The molecule has 0 saturated heterocycles. The van der Waals surface area contributed by atoms with E-state index in [2.05, 4.69) is 0 Å². The van der Waals surface area contributed by atoms with Gasteiger partial charge in [0.25, 0.3) is 0 Å². The van der Waals surface area contributed by atoms with Crippen LogP contribution >= 0.6 is 23.0 Å². The van der Waals surface area contributed by atoms with Crippen LogP contribution < -0.4 is 5.73 Å². The van der Waals surface area contributed by atoms with E-state index in [1.165, 1.54) is 0 Å². The number of ether oxygens (including phenoxy) is 1. The molecule has 0 spiro atoms. The summed E-state index contributed by atoms with van der Waals surface area (Å²) in [7, 11) is 0. The van der Waals surface area contributed by atoms with Crippen LogP contribution in [0.4, 0.5) is 0 Å². The quantitative estimate of drug-likeness (QED) is 0.398. The standard InChI is InChI=1S/C9H16INO4/c10-15-8-4-2-6(12)1-3-7(5-8)14-9(11)13/h1,3,6-9,12-13H,2,4-5,11H2/b3-1+. The van der Waals surface area contributed by atoms with Gasteiger partial charge in [0.1, 0.15) is 23.0 Å². The van der Waals surface area contributed by atoms with Crippen molar-refractivity contribution in [2.75, 3.05) is 0 Å². The van der Waals surface area contributed by atoms with E-state index in [1.54, 1.807) is 12.2 Å². The second kappa shape index (κ2) is 6.77. The predicted molar refractivity (Wildman–Crippen MR) is 63.0 cm³/mol. The number of rotatable bonds is 3. The molecule has 5 nitrogen and oxygen atoms in total. The highest BCUT2D eigenvalue weighted by Crippen LogP contribution is 2.20. The molecule has 0 aliphatic heterocycles. The second-order valence-corrected chi connectivity index (χ2v) is 4.05. The normalized spacial score (nSPS) is 36.7. The van der Waals surface area contributed by atoms with Crippen molar-refractivity contribution in [3.8, 4) is 0 Å². The molecule has 0 amide bonds. The van der Waals surface area contributed by atoms with Crippen molar-refractivity contribution in [2.45, 2.75) is 44.0 Å². The number of aliphatic hydroxyl groups is 2. The number of nitrogens with two attached hydrogens (primary N) is 1. The Morgan fingerprint density at radius 1 is 1.40 bits per heavy atom. The summed E-state index contributed by atoms with van der Waals surface area (Å²) in [5.74, 6) is 0. The molecule has 4 unspecified atom stereocenters. The Balaban J connectivity index is 2.57. The first-order valence-electron chi connectivity index (χ1n) is 4.84. The maximum atomic E-state index is 9.49. The van der Waals surface area contributed by atoms with Gasteiger partial charge in [0.2, 0.25) is 6.41 Å². The Morgan fingerprint density at radius 3 is 2.73 bits per heavy atom. The molecule has 88 valence electrons. The minimum Gasteiger partial charge on any atom is -0.389 e. The molecule has 1 aliphatic rings. The molecular weight excluding hydrogens is 313 g/mol. The SMILES string of the molecule is NC(O)OC1/C=C/C(O)CCC(OI)C1. The Hall–Kier alpha value is 0.270. The average Bonchev–Trinajstić information content (AvgIpc) is 2.16. The summed E-state index contributed by atoms with van der Waals surface area (Å²) in [4.78, 5) is 0. The van der Waals surface area contributed by atoms with E-state index in [1.807, 2.05) is 23.0 Å². The van der Waals surface area contributed by atoms with Gasteiger partial charge in [0.15, 0.2) is 0 Å². The smallest absolute Gasteiger partial charge is 0.211 e. The lowest BCUT2D eigenvalue weighted by Crippen LogP contribution is -2.32. The molecule has 0 bridgehead atoms. The van der Waals surface area contributed by atoms with Crippen LogP contribution in [0.3, 0.4) is 0 Å². The molecule has 0 fully saturated rings. The van der Waals surface area contributed by atoms with E-state index in [9.17, 15) is 5.11 Å². The van der Waals surface area contributed by atoms with E-state index in [-0.39, 0.29) is 12.2 Å². The lowest BCUT2D eigenvalue weighted by molar-refractivity contribution is -0.124. The second-order valence-electron chi connectivity index (χ2n) is 3.54. The maximum Gasteiger partial charge on any atom is 0.211 e. The Kier molecular flexibility index (Phi) is 6.02. The molecule has 0 radical (unpaired) electrons. The van der Waals surface area contributed by atoms with E-state index in [0.29, 0.717) is 12.8 Å². The predicted octanol–water partition coefficient (Wildman–Crippen LogP) is 0.442. The fourth-order valence-electron chi connectivity index (χ4n) is 1.52. The van der Waals surface area contributed by atoms with E-state index < -0.39 is 12.5 Å². The van der Waals surface area contributed by atoms with E-state index >= 15 is 0 Å². The lowest BCUT2D eigenvalue weighted by atomic mass is 10.00. The van der Waals surface area contributed by atoms with Crippen molar-refractivity contribution >= 4 is 23.0 Å². The van der Waals surface area contributed by atoms with Crippen LogP contribution in [0.1, 0.15) is 19.3 Å². The van der Waals surface area contributed by atoms with Gasteiger partial charge in [-0.1, -0.05) is 12.2 Å². The van der Waals surface area contributed by atoms with Gasteiger partial charge >= 0.3 is 0 Å². The van der Waals surface area contributed by atoms with Crippen LogP contribution in [-0.4, -0.2) is 34.9 Å². The molecule has 0 saturated carbocycles. The van der Waals surface area contributed by atoms with Gasteiger partial charge in [-0.05, 0) is 12.8 Å². The molecule has 4 N–H and O–H groups in total. The Morgan fingerprint density at radius 2 is 2.13 bits per heavy atom. The first-order chi connectivity index (χ1) is 7.11. The van der Waals surface area contributed by atoms with Gasteiger partial charge < -0.3 is 18.0 Å². The fourth-order valence-corrected chi connectivity index (χ4v) is 1.98. The third-order valence-corrected chi connectivity index (χ3v) is 2.99. The first kappa shape index (κ1) is 13.3. The van der Waals surface area contributed by atoms with Crippen LogP contribution in [0.2, 0.25) is 0 Å². The lowest BCUT2D eigenvalue weighted by Gasteiger charge is -2.24. The van der Waals surface area contributed by atoms with Crippen LogP contribution in [0, 0.1) is 0 Å². The topological polar surface area (TPSA) is 84.9 Å². The Bertz CT molecular complexity index is 212. The van der Waals surface area contributed by atoms with Crippen LogP contribution in [0.5, 0.6) is 0 Å². The number of aliphatic hydroxyl groups excluding tert-OH is 2. The number of hydrogen-bond acceptors (Lipinski definition) is 5. The molecule has 4 atom stereocenters. The van der Waals surface area contributed by atoms with Crippen molar-refractivity contribution in [1.82, 2.24) is 0 Å². The molecule has 0 aromatic carbocycles. The van der Waals surface area contributed by atoms with Crippen LogP contribution in [0.15, 0.2) is 12.2 Å². The maximum absolute atomic E-state index is 9.49.